The average molecular weight is 224 g/mol. The molecule has 0 rings (SSSR count). The van der Waals surface area contributed by atoms with Crippen molar-refractivity contribution in [2.24, 2.45) is 0 Å². The molecule has 0 heterocycles. The van der Waals surface area contributed by atoms with Crippen LogP contribution in [0.1, 0.15) is 13.3 Å². The Kier molecular flexibility index (Phi) is 6.26. The zero-order valence-corrected chi connectivity index (χ0v) is 9.84. The van der Waals surface area contributed by atoms with Crippen LogP contribution in [0.2, 0.25) is 0 Å². The Bertz CT molecular complexity index is 241. The average Bonchev–Trinajstić information content (AvgIpc) is 2.01. The first kappa shape index (κ1) is 13.8. The summed E-state index contributed by atoms with van der Waals surface area (Å²) >= 11 is 0. The van der Waals surface area contributed by atoms with E-state index >= 15 is 0 Å². The van der Waals surface area contributed by atoms with Gasteiger partial charge < -0.3 is 10.0 Å². The standard InChI is InChI=1S/C8H20N2O3S/c1-4-8(11)7-10(2)6-5-9-14(3,12)13/h8-9,11H,4-7H2,1-3H3/t8-/m1/s1. The lowest BCUT2D eigenvalue weighted by atomic mass is 10.2. The molecule has 0 aliphatic heterocycles. The summed E-state index contributed by atoms with van der Waals surface area (Å²) in [6, 6.07) is 0. The molecule has 86 valence electrons. The molecule has 5 nitrogen and oxygen atoms in total. The number of rotatable bonds is 7. The van der Waals surface area contributed by atoms with Crippen molar-refractivity contribution in [2.45, 2.75) is 19.4 Å². The Morgan fingerprint density at radius 2 is 2.07 bits per heavy atom. The minimum absolute atomic E-state index is 0.335. The molecule has 0 amide bonds. The van der Waals surface area contributed by atoms with E-state index in [9.17, 15) is 13.5 Å². The van der Waals surface area contributed by atoms with E-state index in [1.54, 1.807) is 0 Å². The van der Waals surface area contributed by atoms with E-state index in [2.05, 4.69) is 4.72 Å². The fourth-order valence-electron chi connectivity index (χ4n) is 1.00. The number of hydrogen-bond donors (Lipinski definition) is 2. The number of aliphatic hydroxyl groups is 1. The van der Waals surface area contributed by atoms with Crippen LogP contribution in [0.15, 0.2) is 0 Å². The molecular weight excluding hydrogens is 204 g/mol. The molecule has 1 atom stereocenters. The Labute approximate surface area is 86.2 Å². The number of sulfonamides is 1. The van der Waals surface area contributed by atoms with Crippen LogP contribution < -0.4 is 4.72 Å². The lowest BCUT2D eigenvalue weighted by molar-refractivity contribution is 0.123. The van der Waals surface area contributed by atoms with Gasteiger partial charge in [0.25, 0.3) is 0 Å². The van der Waals surface area contributed by atoms with E-state index in [4.69, 9.17) is 0 Å². The molecule has 2 N–H and O–H groups in total. The SMILES string of the molecule is CC[C@@H](O)CN(C)CCNS(C)(=O)=O. The second kappa shape index (κ2) is 6.34. The van der Waals surface area contributed by atoms with E-state index < -0.39 is 10.0 Å². The maximum absolute atomic E-state index is 10.7. The zero-order valence-electron chi connectivity index (χ0n) is 9.02. The molecule has 0 bridgehead atoms. The molecule has 0 fully saturated rings. The molecule has 0 spiro atoms. The van der Waals surface area contributed by atoms with Crippen molar-refractivity contribution in [3.63, 3.8) is 0 Å². The highest BCUT2D eigenvalue weighted by Gasteiger charge is 2.06. The first-order valence-corrected chi connectivity index (χ1v) is 6.55. The zero-order chi connectivity index (χ0) is 11.2. The normalized spacial score (nSPS) is 14.6. The third kappa shape index (κ3) is 8.43. The lowest BCUT2D eigenvalue weighted by Crippen LogP contribution is -2.36. The number of nitrogens with zero attached hydrogens (tertiary/aromatic N) is 1. The molecule has 0 saturated carbocycles. The fraction of sp³-hybridized carbons (Fsp3) is 1.00. The first-order valence-electron chi connectivity index (χ1n) is 4.66. The van der Waals surface area contributed by atoms with Gasteiger partial charge in [0.2, 0.25) is 10.0 Å². The predicted molar refractivity (Wildman–Crippen MR) is 56.6 cm³/mol. The topological polar surface area (TPSA) is 69.6 Å². The van der Waals surface area contributed by atoms with Crippen molar-refractivity contribution in [2.75, 3.05) is 32.9 Å². The molecule has 0 aromatic heterocycles. The summed E-state index contributed by atoms with van der Waals surface area (Å²) in [5, 5.41) is 9.31. The molecule has 0 aliphatic rings. The quantitative estimate of drug-likeness (QED) is 0.596. The predicted octanol–water partition coefficient (Wildman–Crippen LogP) is -0.762. The molecule has 0 aromatic carbocycles. The van der Waals surface area contributed by atoms with Gasteiger partial charge in [-0.15, -0.1) is 0 Å². The van der Waals surface area contributed by atoms with Gasteiger partial charge in [-0.05, 0) is 13.5 Å². The van der Waals surface area contributed by atoms with Gasteiger partial charge in [0.15, 0.2) is 0 Å². The van der Waals surface area contributed by atoms with Crippen molar-refractivity contribution in [3.8, 4) is 0 Å². The van der Waals surface area contributed by atoms with Gasteiger partial charge in [-0.25, -0.2) is 13.1 Å². The van der Waals surface area contributed by atoms with Crippen molar-refractivity contribution < 1.29 is 13.5 Å². The molecule has 6 heteroatoms. The summed E-state index contributed by atoms with van der Waals surface area (Å²) in [6.07, 6.45) is 1.51. The van der Waals surface area contributed by atoms with E-state index in [1.807, 2.05) is 18.9 Å². The highest BCUT2D eigenvalue weighted by atomic mass is 32.2. The van der Waals surface area contributed by atoms with Crippen LogP contribution in [0.4, 0.5) is 0 Å². The van der Waals surface area contributed by atoms with Gasteiger partial charge in [-0.1, -0.05) is 6.92 Å². The number of nitrogens with one attached hydrogen (secondary N) is 1. The van der Waals surface area contributed by atoms with Crippen LogP contribution in [0, 0.1) is 0 Å². The molecule has 0 aliphatic carbocycles. The van der Waals surface area contributed by atoms with Crippen molar-refractivity contribution in [3.05, 3.63) is 0 Å². The molecule has 0 aromatic rings. The molecule has 14 heavy (non-hydrogen) atoms. The number of aliphatic hydroxyl groups excluding tert-OH is 1. The van der Waals surface area contributed by atoms with Crippen molar-refractivity contribution in [1.82, 2.24) is 9.62 Å². The Hall–Kier alpha value is -0.170. The van der Waals surface area contributed by atoms with Crippen LogP contribution in [-0.2, 0) is 10.0 Å². The highest BCUT2D eigenvalue weighted by molar-refractivity contribution is 7.88. The lowest BCUT2D eigenvalue weighted by Gasteiger charge is -2.19. The smallest absolute Gasteiger partial charge is 0.208 e. The monoisotopic (exact) mass is 224 g/mol. The molecular formula is C8H20N2O3S. The van der Waals surface area contributed by atoms with Crippen LogP contribution in [0.25, 0.3) is 0 Å². The summed E-state index contributed by atoms with van der Waals surface area (Å²) in [5.41, 5.74) is 0. The molecule has 0 unspecified atom stereocenters. The first-order chi connectivity index (χ1) is 6.35. The van der Waals surface area contributed by atoms with Gasteiger partial charge in [-0.2, -0.15) is 0 Å². The van der Waals surface area contributed by atoms with Gasteiger partial charge in [0.05, 0.1) is 12.4 Å². The number of likely N-dealkylation sites (N-methyl/N-ethyl adjacent to an activating group) is 1. The van der Waals surface area contributed by atoms with E-state index in [1.165, 1.54) is 0 Å². The van der Waals surface area contributed by atoms with Crippen LogP contribution in [0.5, 0.6) is 0 Å². The van der Waals surface area contributed by atoms with Crippen molar-refractivity contribution in [1.29, 1.82) is 0 Å². The fourth-order valence-corrected chi connectivity index (χ4v) is 1.46. The third-order valence-corrected chi connectivity index (χ3v) is 2.58. The second-order valence-electron chi connectivity index (χ2n) is 3.49. The largest absolute Gasteiger partial charge is 0.392 e. The summed E-state index contributed by atoms with van der Waals surface area (Å²) in [5.74, 6) is 0. The molecule has 0 saturated heterocycles. The van der Waals surface area contributed by atoms with Crippen molar-refractivity contribution >= 4 is 10.0 Å². The summed E-state index contributed by atoms with van der Waals surface area (Å²) in [4.78, 5) is 1.90. The van der Waals surface area contributed by atoms with Gasteiger partial charge in [-0.3, -0.25) is 0 Å². The summed E-state index contributed by atoms with van der Waals surface area (Å²) in [7, 11) is -1.24. The molecule has 0 radical (unpaired) electrons. The maximum atomic E-state index is 10.7. The summed E-state index contributed by atoms with van der Waals surface area (Å²) in [6.45, 7) is 3.46. The minimum atomic E-state index is -3.09. The van der Waals surface area contributed by atoms with E-state index in [0.29, 0.717) is 26.1 Å². The Balaban J connectivity index is 3.59. The van der Waals surface area contributed by atoms with Crippen LogP contribution in [-0.4, -0.2) is 57.5 Å². The van der Waals surface area contributed by atoms with Gasteiger partial charge >= 0.3 is 0 Å². The van der Waals surface area contributed by atoms with Gasteiger partial charge in [0.1, 0.15) is 0 Å². The Morgan fingerprint density at radius 3 is 2.50 bits per heavy atom. The highest BCUT2D eigenvalue weighted by Crippen LogP contribution is 1.92. The minimum Gasteiger partial charge on any atom is -0.392 e. The van der Waals surface area contributed by atoms with E-state index in [0.717, 1.165) is 6.26 Å². The van der Waals surface area contributed by atoms with Crippen LogP contribution in [0.3, 0.4) is 0 Å². The van der Waals surface area contributed by atoms with Gasteiger partial charge in [0, 0.05) is 19.6 Å². The van der Waals surface area contributed by atoms with E-state index in [-0.39, 0.29) is 6.10 Å². The Morgan fingerprint density at radius 1 is 1.50 bits per heavy atom. The number of hydrogen-bond acceptors (Lipinski definition) is 4. The third-order valence-electron chi connectivity index (χ3n) is 1.85. The summed E-state index contributed by atoms with van der Waals surface area (Å²) < 4.78 is 23.8. The van der Waals surface area contributed by atoms with Crippen LogP contribution >= 0.6 is 0 Å². The maximum Gasteiger partial charge on any atom is 0.208 e. The second-order valence-corrected chi connectivity index (χ2v) is 5.32.